The quantitative estimate of drug-likeness (QED) is 0.353. The standard InChI is InChI=1S/C27H26FN3O3S/c28-19-6-5-18(22(13-19)24-2-1-11-34-24)16-30-20-7-3-17(4-8-20)12-26-29-10-9-21(31-26)14-25-23(32)15-27(33)35-25/h1-2,5-6,9-11,13-14,17,20,30H,3-4,7-8,12,15-16H2/b25-14-. The van der Waals surface area contributed by atoms with Gasteiger partial charge in [0, 0.05) is 30.8 Å². The lowest BCUT2D eigenvalue weighted by Crippen LogP contribution is -2.33. The number of nitrogens with one attached hydrogen (secondary N) is 1. The number of Topliss-reactive ketones (excluding diaryl/α,β-unsaturated/α-hetero) is 1. The fourth-order valence-electron chi connectivity index (χ4n) is 4.72. The smallest absolute Gasteiger partial charge is 0.201 e. The van der Waals surface area contributed by atoms with Crippen LogP contribution in [-0.2, 0) is 22.6 Å². The van der Waals surface area contributed by atoms with E-state index in [2.05, 4.69) is 15.3 Å². The maximum absolute atomic E-state index is 13.8. The minimum Gasteiger partial charge on any atom is -0.464 e. The minimum absolute atomic E-state index is 0.0307. The first-order valence-electron chi connectivity index (χ1n) is 11.9. The largest absolute Gasteiger partial charge is 0.464 e. The molecule has 1 N–H and O–H groups in total. The summed E-state index contributed by atoms with van der Waals surface area (Å²) in [4.78, 5) is 32.8. The van der Waals surface area contributed by atoms with Crippen molar-refractivity contribution in [2.45, 2.75) is 51.1 Å². The second-order valence-corrected chi connectivity index (χ2v) is 10.2. The Morgan fingerprint density at radius 2 is 2.00 bits per heavy atom. The normalized spacial score (nSPS) is 21.7. The number of furan rings is 1. The number of nitrogens with zero attached hydrogens (tertiary/aromatic N) is 2. The van der Waals surface area contributed by atoms with E-state index in [-0.39, 0.29) is 23.1 Å². The van der Waals surface area contributed by atoms with Crippen LogP contribution in [0.15, 0.2) is 58.2 Å². The molecule has 2 fully saturated rings. The number of hydrogen-bond acceptors (Lipinski definition) is 7. The van der Waals surface area contributed by atoms with Gasteiger partial charge in [-0.05, 0) is 85.3 Å². The SMILES string of the molecule is O=C1CC(=O)/C(=C/c2ccnc(CC3CCC(NCc4ccc(F)cc4-c4ccco4)CC3)n2)S1. The monoisotopic (exact) mass is 491 g/mol. The first-order valence-corrected chi connectivity index (χ1v) is 12.7. The molecule has 6 nitrogen and oxygen atoms in total. The number of hydrogen-bond donors (Lipinski definition) is 1. The molecule has 1 saturated heterocycles. The fourth-order valence-corrected chi connectivity index (χ4v) is 5.53. The van der Waals surface area contributed by atoms with Gasteiger partial charge in [-0.2, -0.15) is 0 Å². The van der Waals surface area contributed by atoms with Crippen molar-refractivity contribution >= 4 is 28.7 Å². The van der Waals surface area contributed by atoms with Gasteiger partial charge in [0.05, 0.1) is 23.3 Å². The molecule has 3 heterocycles. The van der Waals surface area contributed by atoms with Gasteiger partial charge in [0.25, 0.3) is 0 Å². The van der Waals surface area contributed by atoms with E-state index in [1.165, 1.54) is 12.1 Å². The zero-order valence-corrected chi connectivity index (χ0v) is 20.0. The molecule has 1 aliphatic carbocycles. The van der Waals surface area contributed by atoms with Crippen molar-refractivity contribution < 1.29 is 18.4 Å². The van der Waals surface area contributed by atoms with Crippen molar-refractivity contribution in [2.24, 2.45) is 5.92 Å². The van der Waals surface area contributed by atoms with Gasteiger partial charge in [-0.3, -0.25) is 9.59 Å². The highest BCUT2D eigenvalue weighted by Gasteiger charge is 2.26. The zero-order valence-electron chi connectivity index (χ0n) is 19.2. The average Bonchev–Trinajstić information content (AvgIpc) is 3.49. The summed E-state index contributed by atoms with van der Waals surface area (Å²) in [7, 11) is 0. The second-order valence-electron chi connectivity index (χ2n) is 9.06. The van der Waals surface area contributed by atoms with Gasteiger partial charge in [-0.25, -0.2) is 14.4 Å². The molecule has 5 rings (SSSR count). The van der Waals surface area contributed by atoms with E-state index in [9.17, 15) is 14.0 Å². The predicted octanol–water partition coefficient (Wildman–Crippen LogP) is 5.34. The van der Waals surface area contributed by atoms with E-state index in [1.54, 1.807) is 24.6 Å². The lowest BCUT2D eigenvalue weighted by molar-refractivity contribution is -0.119. The van der Waals surface area contributed by atoms with Crippen molar-refractivity contribution in [1.29, 1.82) is 0 Å². The summed E-state index contributed by atoms with van der Waals surface area (Å²) in [6.45, 7) is 0.657. The Balaban J connectivity index is 1.14. The van der Waals surface area contributed by atoms with E-state index < -0.39 is 0 Å². The van der Waals surface area contributed by atoms with Crippen LogP contribution in [0.5, 0.6) is 0 Å². The molecule has 1 saturated carbocycles. The predicted molar refractivity (Wildman–Crippen MR) is 133 cm³/mol. The molecule has 0 unspecified atom stereocenters. The van der Waals surface area contributed by atoms with Crippen molar-refractivity contribution in [1.82, 2.24) is 15.3 Å². The molecule has 2 aliphatic rings. The van der Waals surface area contributed by atoms with Gasteiger partial charge in [0.2, 0.25) is 5.12 Å². The summed E-state index contributed by atoms with van der Waals surface area (Å²) in [6.07, 6.45) is 10.0. The molecule has 0 radical (unpaired) electrons. The van der Waals surface area contributed by atoms with Gasteiger partial charge in [0.15, 0.2) is 5.78 Å². The number of benzene rings is 1. The molecule has 8 heteroatoms. The Hall–Kier alpha value is -3.10. The summed E-state index contributed by atoms with van der Waals surface area (Å²) in [6, 6.07) is 10.7. The third-order valence-corrected chi connectivity index (χ3v) is 7.50. The second kappa shape index (κ2) is 10.7. The molecule has 1 aliphatic heterocycles. The van der Waals surface area contributed by atoms with Gasteiger partial charge < -0.3 is 9.73 Å². The molecule has 0 amide bonds. The molecule has 35 heavy (non-hydrogen) atoms. The first kappa shape index (κ1) is 23.6. The van der Waals surface area contributed by atoms with Gasteiger partial charge >= 0.3 is 0 Å². The maximum atomic E-state index is 13.8. The van der Waals surface area contributed by atoms with Crippen LogP contribution in [0, 0.1) is 11.7 Å². The molecule has 0 bridgehead atoms. The van der Waals surface area contributed by atoms with Crippen LogP contribution in [0.4, 0.5) is 4.39 Å². The Morgan fingerprint density at radius 3 is 2.74 bits per heavy atom. The van der Waals surface area contributed by atoms with Gasteiger partial charge in [0.1, 0.15) is 17.4 Å². The lowest BCUT2D eigenvalue weighted by atomic mass is 9.84. The Morgan fingerprint density at radius 1 is 1.14 bits per heavy atom. The van der Waals surface area contributed by atoms with Crippen molar-refractivity contribution in [3.63, 3.8) is 0 Å². The molecular formula is C27H26FN3O3S. The first-order chi connectivity index (χ1) is 17.0. The van der Waals surface area contributed by atoms with Gasteiger partial charge in [-0.15, -0.1) is 0 Å². The molecule has 180 valence electrons. The van der Waals surface area contributed by atoms with Crippen LogP contribution in [-0.4, -0.2) is 26.9 Å². The number of carbonyl (C=O) groups excluding carboxylic acids is 2. The molecular weight excluding hydrogens is 465 g/mol. The Kier molecular flexibility index (Phi) is 7.20. The van der Waals surface area contributed by atoms with Crippen molar-refractivity contribution in [3.8, 4) is 11.3 Å². The molecule has 0 atom stereocenters. The Bertz CT molecular complexity index is 1250. The van der Waals surface area contributed by atoms with E-state index >= 15 is 0 Å². The van der Waals surface area contributed by atoms with Crippen molar-refractivity contribution in [2.75, 3.05) is 0 Å². The third-order valence-electron chi connectivity index (χ3n) is 6.57. The third kappa shape index (κ3) is 5.94. The summed E-state index contributed by atoms with van der Waals surface area (Å²) in [5, 5.41) is 3.52. The number of carbonyl (C=O) groups is 2. The van der Waals surface area contributed by atoms with E-state index in [0.29, 0.717) is 34.9 Å². The Labute approximate surface area is 207 Å². The number of ketones is 1. The van der Waals surface area contributed by atoms with E-state index in [0.717, 1.165) is 60.8 Å². The number of allylic oxidation sites excluding steroid dienone is 1. The highest BCUT2D eigenvalue weighted by atomic mass is 32.2. The van der Waals surface area contributed by atoms with Crippen LogP contribution >= 0.6 is 11.8 Å². The lowest BCUT2D eigenvalue weighted by Gasteiger charge is -2.29. The van der Waals surface area contributed by atoms with Crippen LogP contribution in [0.25, 0.3) is 17.4 Å². The van der Waals surface area contributed by atoms with Gasteiger partial charge in [-0.1, -0.05) is 6.07 Å². The summed E-state index contributed by atoms with van der Waals surface area (Å²) < 4.78 is 19.3. The summed E-state index contributed by atoms with van der Waals surface area (Å²) >= 11 is 0.995. The number of thioether (sulfide) groups is 1. The van der Waals surface area contributed by atoms with Crippen LogP contribution in [0.3, 0.4) is 0 Å². The summed E-state index contributed by atoms with van der Waals surface area (Å²) in [5.41, 5.74) is 2.47. The number of halogens is 1. The van der Waals surface area contributed by atoms with Crippen LogP contribution < -0.4 is 5.32 Å². The molecule has 2 aromatic heterocycles. The van der Waals surface area contributed by atoms with E-state index in [1.807, 2.05) is 18.2 Å². The number of aromatic nitrogens is 2. The highest BCUT2D eigenvalue weighted by Crippen LogP contribution is 2.31. The van der Waals surface area contributed by atoms with E-state index in [4.69, 9.17) is 4.42 Å². The summed E-state index contributed by atoms with van der Waals surface area (Å²) in [5.74, 6) is 1.54. The minimum atomic E-state index is -0.273. The van der Waals surface area contributed by atoms with Crippen molar-refractivity contribution in [3.05, 3.63) is 76.7 Å². The van der Waals surface area contributed by atoms with Crippen LogP contribution in [0.2, 0.25) is 0 Å². The maximum Gasteiger partial charge on any atom is 0.201 e. The molecule has 0 spiro atoms. The molecule has 3 aromatic rings. The molecule has 1 aromatic carbocycles. The number of rotatable bonds is 7. The fraction of sp³-hybridized carbons (Fsp3) is 0.333. The zero-order chi connectivity index (χ0) is 24.2. The van der Waals surface area contributed by atoms with Crippen LogP contribution in [0.1, 0.15) is 49.2 Å². The average molecular weight is 492 g/mol. The topological polar surface area (TPSA) is 85.1 Å². The highest BCUT2D eigenvalue weighted by molar-refractivity contribution is 8.18.